The van der Waals surface area contributed by atoms with Gasteiger partial charge in [-0.15, -0.1) is 0 Å². The molecule has 76 valence electrons. The van der Waals surface area contributed by atoms with Gasteiger partial charge in [-0.05, 0) is 24.6 Å². The Bertz CT molecular complexity index is 486. The third kappa shape index (κ3) is 1.81. The zero-order valence-corrected chi connectivity index (χ0v) is 9.20. The van der Waals surface area contributed by atoms with Crippen molar-refractivity contribution in [2.24, 2.45) is 0 Å². The maximum absolute atomic E-state index is 6.05. The second-order valence-corrected chi connectivity index (χ2v) is 3.78. The summed E-state index contributed by atoms with van der Waals surface area (Å²) in [5, 5.41) is 4.86. The number of rotatable bonds is 2. The molecule has 0 amide bonds. The third-order valence-electron chi connectivity index (χ3n) is 2.13. The zero-order valence-electron chi connectivity index (χ0n) is 8.44. The highest BCUT2D eigenvalue weighted by molar-refractivity contribution is 6.32. The van der Waals surface area contributed by atoms with E-state index < -0.39 is 0 Å². The van der Waals surface area contributed by atoms with Gasteiger partial charge in [0.1, 0.15) is 0 Å². The fourth-order valence-electron chi connectivity index (χ4n) is 1.48. The van der Waals surface area contributed by atoms with E-state index in [4.69, 9.17) is 11.6 Å². The molecule has 15 heavy (non-hydrogen) atoms. The Morgan fingerprint density at radius 1 is 1.33 bits per heavy atom. The average molecular weight is 219 g/mol. The smallest absolute Gasteiger partial charge is 0.0878 e. The normalized spacial score (nSPS) is 10.3. The monoisotopic (exact) mass is 218 g/mol. The van der Waals surface area contributed by atoms with Gasteiger partial charge in [0.25, 0.3) is 0 Å². The van der Waals surface area contributed by atoms with Gasteiger partial charge in [0.05, 0.1) is 22.6 Å². The number of aromatic nitrogens is 2. The summed E-state index contributed by atoms with van der Waals surface area (Å²) in [7, 11) is 0. The van der Waals surface area contributed by atoms with Gasteiger partial charge in [-0.25, -0.2) is 4.68 Å². The van der Waals surface area contributed by atoms with Crippen molar-refractivity contribution in [3.8, 4) is 5.69 Å². The highest BCUT2D eigenvalue weighted by Crippen LogP contribution is 2.24. The lowest BCUT2D eigenvalue weighted by Gasteiger charge is -2.06. The van der Waals surface area contributed by atoms with Gasteiger partial charge in [-0.1, -0.05) is 36.4 Å². The summed E-state index contributed by atoms with van der Waals surface area (Å²) in [6.45, 7) is 5.82. The van der Waals surface area contributed by atoms with Crippen LogP contribution in [-0.2, 0) is 0 Å². The topological polar surface area (TPSA) is 17.8 Å². The molecule has 0 N–H and O–H groups in total. The van der Waals surface area contributed by atoms with E-state index in [1.807, 2.05) is 37.3 Å². The number of halogens is 1. The number of allylic oxidation sites excluding steroid dienone is 1. The van der Waals surface area contributed by atoms with Crippen LogP contribution in [0.25, 0.3) is 11.3 Å². The molecule has 3 heteroatoms. The molecule has 0 atom stereocenters. The lowest BCUT2D eigenvalue weighted by molar-refractivity contribution is 0.866. The number of nitrogens with zero attached hydrogens (tertiary/aromatic N) is 2. The fraction of sp³-hybridized carbons (Fsp3) is 0.0833. The second kappa shape index (κ2) is 3.91. The fourth-order valence-corrected chi connectivity index (χ4v) is 1.76. The molecule has 1 heterocycles. The minimum absolute atomic E-state index is 0.631. The second-order valence-electron chi connectivity index (χ2n) is 3.37. The first kappa shape index (κ1) is 9.99. The molecule has 0 aliphatic heterocycles. The van der Waals surface area contributed by atoms with Crippen LogP contribution in [0.5, 0.6) is 0 Å². The van der Waals surface area contributed by atoms with Crippen LogP contribution in [-0.4, -0.2) is 9.78 Å². The molecule has 2 aromatic rings. The molecule has 0 saturated heterocycles. The molecule has 0 saturated carbocycles. The standard InChI is InChI=1S/C12H11ClN2/c1-9(2)12-11(13)8-14-15(12)10-6-4-3-5-7-10/h3-8H,1H2,2H3. The molecule has 0 spiro atoms. The lowest BCUT2D eigenvalue weighted by Crippen LogP contribution is -1.99. The van der Waals surface area contributed by atoms with Crippen LogP contribution in [0.3, 0.4) is 0 Å². The van der Waals surface area contributed by atoms with Crippen LogP contribution >= 0.6 is 11.6 Å². The Morgan fingerprint density at radius 3 is 2.60 bits per heavy atom. The molecule has 0 aliphatic carbocycles. The maximum Gasteiger partial charge on any atom is 0.0878 e. The third-order valence-corrected chi connectivity index (χ3v) is 2.41. The zero-order chi connectivity index (χ0) is 10.8. The number of hydrogen-bond donors (Lipinski definition) is 0. The largest absolute Gasteiger partial charge is 0.232 e. The van der Waals surface area contributed by atoms with E-state index in [1.54, 1.807) is 10.9 Å². The summed E-state index contributed by atoms with van der Waals surface area (Å²) in [6, 6.07) is 9.86. The van der Waals surface area contributed by atoms with E-state index in [9.17, 15) is 0 Å². The highest BCUT2D eigenvalue weighted by Gasteiger charge is 2.10. The summed E-state index contributed by atoms with van der Waals surface area (Å²) in [5.74, 6) is 0. The van der Waals surface area contributed by atoms with Crippen molar-refractivity contribution in [2.45, 2.75) is 6.92 Å². The van der Waals surface area contributed by atoms with Crippen molar-refractivity contribution in [3.63, 3.8) is 0 Å². The molecular weight excluding hydrogens is 208 g/mol. The molecule has 1 aromatic heterocycles. The predicted molar refractivity (Wildman–Crippen MR) is 63.3 cm³/mol. The SMILES string of the molecule is C=C(C)c1c(Cl)cnn1-c1ccccc1. The van der Waals surface area contributed by atoms with Gasteiger partial charge >= 0.3 is 0 Å². The predicted octanol–water partition coefficient (Wildman–Crippen LogP) is 3.56. The van der Waals surface area contributed by atoms with E-state index in [0.717, 1.165) is 17.0 Å². The van der Waals surface area contributed by atoms with Crippen molar-refractivity contribution < 1.29 is 0 Å². The summed E-state index contributed by atoms with van der Waals surface area (Å²) in [6.07, 6.45) is 1.64. The van der Waals surface area contributed by atoms with E-state index in [-0.39, 0.29) is 0 Å². The first-order valence-corrected chi connectivity index (χ1v) is 5.03. The van der Waals surface area contributed by atoms with Crippen LogP contribution in [0.2, 0.25) is 5.02 Å². The number of benzene rings is 1. The maximum atomic E-state index is 6.05. The van der Waals surface area contributed by atoms with Gasteiger partial charge in [0, 0.05) is 0 Å². The van der Waals surface area contributed by atoms with Crippen LogP contribution in [0.1, 0.15) is 12.6 Å². The van der Waals surface area contributed by atoms with Gasteiger partial charge in [-0.3, -0.25) is 0 Å². The molecule has 0 unspecified atom stereocenters. The van der Waals surface area contributed by atoms with E-state index in [1.165, 1.54) is 0 Å². The molecule has 1 aromatic carbocycles. The first-order chi connectivity index (χ1) is 7.20. The molecule has 2 rings (SSSR count). The Balaban J connectivity index is 2.59. The van der Waals surface area contributed by atoms with Crippen LogP contribution in [0.4, 0.5) is 0 Å². The molecule has 0 aliphatic rings. The van der Waals surface area contributed by atoms with E-state index in [2.05, 4.69) is 11.7 Å². The Morgan fingerprint density at radius 2 is 2.00 bits per heavy atom. The summed E-state index contributed by atoms with van der Waals surface area (Å²) < 4.78 is 1.80. The first-order valence-electron chi connectivity index (χ1n) is 4.65. The Labute approximate surface area is 93.8 Å². The van der Waals surface area contributed by atoms with Crippen LogP contribution in [0, 0.1) is 0 Å². The lowest BCUT2D eigenvalue weighted by atomic mass is 10.2. The molecule has 2 nitrogen and oxygen atoms in total. The van der Waals surface area contributed by atoms with E-state index in [0.29, 0.717) is 5.02 Å². The van der Waals surface area contributed by atoms with Crippen molar-refractivity contribution in [1.82, 2.24) is 9.78 Å². The van der Waals surface area contributed by atoms with E-state index >= 15 is 0 Å². The number of para-hydroxylation sites is 1. The number of hydrogen-bond acceptors (Lipinski definition) is 1. The van der Waals surface area contributed by atoms with Crippen LogP contribution < -0.4 is 0 Å². The highest BCUT2D eigenvalue weighted by atomic mass is 35.5. The quantitative estimate of drug-likeness (QED) is 0.754. The Hall–Kier alpha value is -1.54. The van der Waals surface area contributed by atoms with Crippen molar-refractivity contribution in [1.29, 1.82) is 0 Å². The van der Waals surface area contributed by atoms with Gasteiger partial charge in [-0.2, -0.15) is 5.10 Å². The summed E-state index contributed by atoms with van der Waals surface area (Å²) >= 11 is 6.05. The molecular formula is C12H11ClN2. The van der Waals surface area contributed by atoms with Gasteiger partial charge in [0.2, 0.25) is 0 Å². The van der Waals surface area contributed by atoms with Gasteiger partial charge in [0.15, 0.2) is 0 Å². The minimum Gasteiger partial charge on any atom is -0.232 e. The average Bonchev–Trinajstić information content (AvgIpc) is 2.61. The van der Waals surface area contributed by atoms with Crippen LogP contribution in [0.15, 0.2) is 43.1 Å². The molecule has 0 bridgehead atoms. The van der Waals surface area contributed by atoms with Crippen molar-refractivity contribution in [2.75, 3.05) is 0 Å². The Kier molecular flexibility index (Phi) is 2.60. The van der Waals surface area contributed by atoms with Gasteiger partial charge < -0.3 is 0 Å². The summed E-state index contributed by atoms with van der Waals surface area (Å²) in [4.78, 5) is 0. The molecule has 0 radical (unpaired) electrons. The molecule has 0 fully saturated rings. The summed E-state index contributed by atoms with van der Waals surface area (Å²) in [5.41, 5.74) is 2.76. The van der Waals surface area contributed by atoms with Crippen molar-refractivity contribution >= 4 is 17.2 Å². The minimum atomic E-state index is 0.631. The van der Waals surface area contributed by atoms with Crippen molar-refractivity contribution in [3.05, 3.63) is 53.8 Å².